The van der Waals surface area contributed by atoms with E-state index in [-0.39, 0.29) is 17.2 Å². The van der Waals surface area contributed by atoms with Crippen LogP contribution in [0.2, 0.25) is 0 Å². The number of rotatable bonds is 7. The maximum atomic E-state index is 12.4. The molecule has 0 bridgehead atoms. The molecule has 0 fully saturated rings. The van der Waals surface area contributed by atoms with Crippen LogP contribution in [-0.4, -0.2) is 45.6 Å². The summed E-state index contributed by atoms with van der Waals surface area (Å²) in [4.78, 5) is 31.9. The Bertz CT molecular complexity index is 1270. The van der Waals surface area contributed by atoms with Crippen LogP contribution >= 0.6 is 11.8 Å². The molecule has 4 aromatic rings. The van der Waals surface area contributed by atoms with Crippen molar-refractivity contribution in [2.24, 2.45) is 0 Å². The number of hydrogen-bond donors (Lipinski definition) is 2. The number of methoxy groups -OCH3 is 2. The third kappa shape index (κ3) is 4.53. The Kier molecular flexibility index (Phi) is 5.89. The van der Waals surface area contributed by atoms with Crippen LogP contribution in [-0.2, 0) is 4.79 Å². The van der Waals surface area contributed by atoms with Gasteiger partial charge >= 0.3 is 0 Å². The number of ether oxygens (including phenoxy) is 2. The lowest BCUT2D eigenvalue weighted by atomic mass is 10.3. The average molecular weight is 437 g/mol. The van der Waals surface area contributed by atoms with Gasteiger partial charge in [0.15, 0.2) is 10.8 Å². The minimum absolute atomic E-state index is 0.0805. The van der Waals surface area contributed by atoms with Gasteiger partial charge in [-0.05, 0) is 48.5 Å². The molecule has 2 aromatic carbocycles. The van der Waals surface area contributed by atoms with E-state index in [4.69, 9.17) is 9.47 Å². The number of benzene rings is 2. The van der Waals surface area contributed by atoms with Crippen LogP contribution in [0.1, 0.15) is 0 Å². The van der Waals surface area contributed by atoms with E-state index < -0.39 is 0 Å². The van der Waals surface area contributed by atoms with E-state index in [0.29, 0.717) is 33.4 Å². The first kappa shape index (κ1) is 20.5. The summed E-state index contributed by atoms with van der Waals surface area (Å²) in [6, 6.07) is 14.3. The van der Waals surface area contributed by atoms with Crippen LogP contribution in [0.25, 0.3) is 16.7 Å². The zero-order valence-corrected chi connectivity index (χ0v) is 17.6. The van der Waals surface area contributed by atoms with E-state index in [1.165, 1.54) is 6.20 Å². The highest BCUT2D eigenvalue weighted by molar-refractivity contribution is 7.99. The molecule has 0 aliphatic heterocycles. The molecule has 0 saturated carbocycles. The molecule has 2 N–H and O–H groups in total. The van der Waals surface area contributed by atoms with E-state index >= 15 is 0 Å². The van der Waals surface area contributed by atoms with E-state index in [1.807, 2.05) is 12.1 Å². The zero-order valence-electron chi connectivity index (χ0n) is 16.8. The second-order valence-corrected chi connectivity index (χ2v) is 7.39. The van der Waals surface area contributed by atoms with E-state index in [9.17, 15) is 9.59 Å². The summed E-state index contributed by atoms with van der Waals surface area (Å²) >= 11 is 1.13. The van der Waals surface area contributed by atoms with Gasteiger partial charge in [0, 0.05) is 5.69 Å². The predicted octanol–water partition coefficient (Wildman–Crippen LogP) is 2.86. The summed E-state index contributed by atoms with van der Waals surface area (Å²) in [7, 11) is 3.17. The van der Waals surface area contributed by atoms with Crippen molar-refractivity contribution < 1.29 is 14.3 Å². The Morgan fingerprint density at radius 1 is 1.06 bits per heavy atom. The minimum Gasteiger partial charge on any atom is -0.497 e. The van der Waals surface area contributed by atoms with Crippen LogP contribution in [0.5, 0.6) is 11.5 Å². The number of aromatic nitrogens is 4. The number of carbonyl (C=O) groups is 1. The van der Waals surface area contributed by atoms with Crippen molar-refractivity contribution in [1.82, 2.24) is 19.7 Å². The van der Waals surface area contributed by atoms with Gasteiger partial charge in [-0.3, -0.25) is 9.59 Å². The molecule has 0 radical (unpaired) electrons. The van der Waals surface area contributed by atoms with Crippen molar-refractivity contribution in [3.63, 3.8) is 0 Å². The fourth-order valence-corrected chi connectivity index (χ4v) is 3.54. The standard InChI is InChI=1S/C21H19N5O4S/c1-29-15-7-3-13(4-8-15)23-18(27)12-31-21-24-19-17(20(28)25-21)11-22-26(19)14-5-9-16(30-2)10-6-14/h3-11H,12H2,1-2H3,(H,23,27)(H,24,25,28). The number of anilines is 1. The summed E-state index contributed by atoms with van der Waals surface area (Å²) < 4.78 is 11.8. The Balaban J connectivity index is 1.51. The maximum Gasteiger partial charge on any atom is 0.262 e. The van der Waals surface area contributed by atoms with Crippen molar-refractivity contribution >= 4 is 34.4 Å². The first-order chi connectivity index (χ1) is 15.1. The van der Waals surface area contributed by atoms with E-state index in [1.54, 1.807) is 55.3 Å². The fourth-order valence-electron chi connectivity index (χ4n) is 2.88. The first-order valence-electron chi connectivity index (χ1n) is 9.26. The Hall–Kier alpha value is -3.79. The summed E-state index contributed by atoms with van der Waals surface area (Å²) in [5.74, 6) is 1.28. The molecular formula is C21H19N5O4S. The van der Waals surface area contributed by atoms with Gasteiger partial charge in [0.05, 0.1) is 31.9 Å². The Morgan fingerprint density at radius 3 is 2.35 bits per heavy atom. The third-order valence-electron chi connectivity index (χ3n) is 4.45. The number of carbonyl (C=O) groups excluding carboxylic acids is 1. The Labute approximate surface area is 181 Å². The van der Waals surface area contributed by atoms with Gasteiger partial charge < -0.3 is 19.8 Å². The number of amides is 1. The number of fused-ring (bicyclic) bond motifs is 1. The lowest BCUT2D eigenvalue weighted by Crippen LogP contribution is -2.15. The van der Waals surface area contributed by atoms with Crippen molar-refractivity contribution in [2.45, 2.75) is 5.16 Å². The van der Waals surface area contributed by atoms with E-state index in [2.05, 4.69) is 20.4 Å². The molecule has 9 nitrogen and oxygen atoms in total. The average Bonchev–Trinajstić information content (AvgIpc) is 3.23. The van der Waals surface area contributed by atoms with Gasteiger partial charge in [0.25, 0.3) is 5.56 Å². The zero-order chi connectivity index (χ0) is 21.8. The smallest absolute Gasteiger partial charge is 0.262 e. The topological polar surface area (TPSA) is 111 Å². The minimum atomic E-state index is -0.317. The monoisotopic (exact) mass is 437 g/mol. The highest BCUT2D eigenvalue weighted by atomic mass is 32.2. The molecule has 0 atom stereocenters. The number of aromatic amines is 1. The molecule has 1 amide bonds. The third-order valence-corrected chi connectivity index (χ3v) is 5.32. The molecule has 10 heteroatoms. The molecule has 0 spiro atoms. The van der Waals surface area contributed by atoms with Crippen LogP contribution in [0.15, 0.2) is 64.7 Å². The van der Waals surface area contributed by atoms with Gasteiger partial charge in [0.1, 0.15) is 16.9 Å². The fraction of sp³-hybridized carbons (Fsp3) is 0.143. The van der Waals surface area contributed by atoms with Crippen LogP contribution < -0.4 is 20.3 Å². The number of nitrogens with zero attached hydrogens (tertiary/aromatic N) is 3. The summed E-state index contributed by atoms with van der Waals surface area (Å²) in [5, 5.41) is 7.77. The number of hydrogen-bond acceptors (Lipinski definition) is 7. The van der Waals surface area contributed by atoms with Crippen LogP contribution in [0.3, 0.4) is 0 Å². The number of H-pyrrole nitrogens is 1. The SMILES string of the molecule is COc1ccc(NC(=O)CSc2nc3c(cnn3-c3ccc(OC)cc3)c(=O)[nH]2)cc1. The predicted molar refractivity (Wildman–Crippen MR) is 118 cm³/mol. The quantitative estimate of drug-likeness (QED) is 0.338. The van der Waals surface area contributed by atoms with Crippen molar-refractivity contribution in [1.29, 1.82) is 0 Å². The molecule has 0 unspecified atom stereocenters. The number of thioether (sulfide) groups is 1. The van der Waals surface area contributed by atoms with Crippen LogP contribution in [0.4, 0.5) is 5.69 Å². The summed E-state index contributed by atoms with van der Waals surface area (Å²) in [6.45, 7) is 0. The molecule has 0 aliphatic rings. The normalized spacial score (nSPS) is 10.8. The van der Waals surface area contributed by atoms with Gasteiger partial charge in [-0.1, -0.05) is 11.8 Å². The molecule has 2 heterocycles. The highest BCUT2D eigenvalue weighted by Gasteiger charge is 2.13. The van der Waals surface area contributed by atoms with Gasteiger partial charge in [-0.25, -0.2) is 9.67 Å². The van der Waals surface area contributed by atoms with Gasteiger partial charge in [-0.2, -0.15) is 5.10 Å². The second-order valence-electron chi connectivity index (χ2n) is 6.43. The maximum absolute atomic E-state index is 12.4. The molecular weight excluding hydrogens is 418 g/mol. The number of nitrogens with one attached hydrogen (secondary N) is 2. The summed E-state index contributed by atoms with van der Waals surface area (Å²) in [5.41, 5.74) is 1.48. The lowest BCUT2D eigenvalue weighted by molar-refractivity contribution is -0.113. The first-order valence-corrected chi connectivity index (χ1v) is 10.2. The van der Waals surface area contributed by atoms with Gasteiger partial charge in [-0.15, -0.1) is 0 Å². The Morgan fingerprint density at radius 2 is 1.71 bits per heavy atom. The van der Waals surface area contributed by atoms with E-state index in [0.717, 1.165) is 17.4 Å². The molecule has 0 saturated heterocycles. The molecule has 4 rings (SSSR count). The molecule has 31 heavy (non-hydrogen) atoms. The largest absolute Gasteiger partial charge is 0.497 e. The molecule has 2 aromatic heterocycles. The lowest BCUT2D eigenvalue weighted by Gasteiger charge is -2.07. The van der Waals surface area contributed by atoms with Crippen LogP contribution in [0, 0.1) is 0 Å². The summed E-state index contributed by atoms with van der Waals surface area (Å²) in [6.07, 6.45) is 1.47. The molecule has 0 aliphatic carbocycles. The molecule has 158 valence electrons. The van der Waals surface area contributed by atoms with Crippen molar-refractivity contribution in [3.8, 4) is 17.2 Å². The van der Waals surface area contributed by atoms with Crippen molar-refractivity contribution in [2.75, 3.05) is 25.3 Å². The van der Waals surface area contributed by atoms with Gasteiger partial charge in [0.2, 0.25) is 5.91 Å². The second kappa shape index (κ2) is 8.92. The highest BCUT2D eigenvalue weighted by Crippen LogP contribution is 2.20. The van der Waals surface area contributed by atoms with Crippen molar-refractivity contribution in [3.05, 3.63) is 65.1 Å².